The maximum absolute atomic E-state index is 11.2. The summed E-state index contributed by atoms with van der Waals surface area (Å²) in [4.78, 5) is 4.40. The number of aryl methyl sites for hydroxylation is 2. The molecule has 2 heterocycles. The number of allylic oxidation sites excluding steroid dienone is 2. The largest absolute Gasteiger partial charge is 0.326 e. The van der Waals surface area contributed by atoms with Gasteiger partial charge in [0.25, 0.3) is 15.9 Å². The molecule has 2 aromatic carbocycles. The normalized spacial score (nSPS) is 13.8. The van der Waals surface area contributed by atoms with Gasteiger partial charge in [-0.1, -0.05) is 52.5 Å². The molecule has 1 aromatic heterocycles. The molecule has 0 saturated carbocycles. The highest BCUT2D eigenvalue weighted by molar-refractivity contribution is 7.85. The van der Waals surface area contributed by atoms with Crippen LogP contribution in [0.2, 0.25) is 20.1 Å². The SMILES string of the molecule is CCN1C(=CC=Cc2n(CC)c3cc(Cl)c(Cl)cc3[n+]2CCCCS(=O)(=O)O)N(CC)c2cc(Cl)c(Cl)cc21. The van der Waals surface area contributed by atoms with Crippen molar-refractivity contribution in [1.29, 1.82) is 0 Å². The number of hydrogen-bond acceptors (Lipinski definition) is 4. The quantitative estimate of drug-likeness (QED) is 0.143. The summed E-state index contributed by atoms with van der Waals surface area (Å²) >= 11 is 25.4. The van der Waals surface area contributed by atoms with Crippen molar-refractivity contribution in [1.82, 2.24) is 4.57 Å². The van der Waals surface area contributed by atoms with Crippen molar-refractivity contribution < 1.29 is 17.5 Å². The van der Waals surface area contributed by atoms with Gasteiger partial charge in [0.15, 0.2) is 11.0 Å². The number of aromatic nitrogens is 2. The van der Waals surface area contributed by atoms with Crippen LogP contribution in [-0.2, 0) is 23.2 Å². The fourth-order valence-electron chi connectivity index (χ4n) is 5.07. The molecule has 0 unspecified atom stereocenters. The van der Waals surface area contributed by atoms with Crippen LogP contribution in [-0.4, -0.2) is 36.4 Å². The predicted octanol–water partition coefficient (Wildman–Crippen LogP) is 7.45. The first-order valence-electron chi connectivity index (χ1n) is 12.8. The number of nitrogens with zero attached hydrogens (tertiary/aromatic N) is 4. The van der Waals surface area contributed by atoms with E-state index in [1.165, 1.54) is 0 Å². The third-order valence-corrected chi connectivity index (χ3v) is 9.03. The first-order valence-corrected chi connectivity index (χ1v) is 15.9. The van der Waals surface area contributed by atoms with E-state index in [0.717, 1.165) is 47.1 Å². The van der Waals surface area contributed by atoms with E-state index < -0.39 is 10.1 Å². The molecular formula is C27H31Cl4N4O3S+. The zero-order valence-electron chi connectivity index (χ0n) is 22.0. The first kappa shape index (κ1) is 30.0. The van der Waals surface area contributed by atoms with Gasteiger partial charge in [0.1, 0.15) is 5.82 Å². The Balaban J connectivity index is 1.76. The van der Waals surface area contributed by atoms with E-state index in [-0.39, 0.29) is 5.75 Å². The van der Waals surface area contributed by atoms with Crippen LogP contribution in [0, 0.1) is 0 Å². The number of hydrogen-bond donors (Lipinski definition) is 1. The van der Waals surface area contributed by atoms with Crippen molar-refractivity contribution in [3.8, 4) is 0 Å². The fourth-order valence-corrected chi connectivity index (χ4v) is 6.27. The molecule has 0 spiro atoms. The lowest BCUT2D eigenvalue weighted by atomic mass is 10.2. The number of anilines is 2. The Hall–Kier alpha value is -1.94. The van der Waals surface area contributed by atoms with Gasteiger partial charge in [-0.25, -0.2) is 9.13 Å². The van der Waals surface area contributed by atoms with Crippen LogP contribution >= 0.6 is 46.4 Å². The molecule has 1 N–H and O–H groups in total. The van der Waals surface area contributed by atoms with Crippen LogP contribution < -0.4 is 14.4 Å². The number of halogens is 4. The van der Waals surface area contributed by atoms with E-state index in [4.69, 9.17) is 51.0 Å². The molecule has 0 bridgehead atoms. The smallest absolute Gasteiger partial charge is 0.282 e. The Bertz CT molecular complexity index is 1530. The van der Waals surface area contributed by atoms with E-state index >= 15 is 0 Å². The Morgan fingerprint density at radius 1 is 0.846 bits per heavy atom. The summed E-state index contributed by atoms with van der Waals surface area (Å²) in [6, 6.07) is 7.49. The summed E-state index contributed by atoms with van der Waals surface area (Å²) in [5.41, 5.74) is 3.84. The maximum Gasteiger partial charge on any atom is 0.282 e. The third kappa shape index (κ3) is 6.21. The average molecular weight is 633 g/mol. The molecule has 0 atom stereocenters. The first-order chi connectivity index (χ1) is 18.5. The minimum atomic E-state index is -4.01. The Morgan fingerprint density at radius 2 is 1.41 bits per heavy atom. The molecular weight excluding hydrogens is 602 g/mol. The minimum Gasteiger partial charge on any atom is -0.326 e. The van der Waals surface area contributed by atoms with E-state index in [1.54, 1.807) is 0 Å². The molecule has 39 heavy (non-hydrogen) atoms. The number of unbranched alkanes of at least 4 members (excludes halogenated alkanes) is 1. The molecule has 0 saturated heterocycles. The summed E-state index contributed by atoms with van der Waals surface area (Å²) in [6.07, 6.45) is 6.99. The lowest BCUT2D eigenvalue weighted by Crippen LogP contribution is -2.36. The second-order valence-corrected chi connectivity index (χ2v) is 12.3. The monoisotopic (exact) mass is 631 g/mol. The van der Waals surface area contributed by atoms with Gasteiger partial charge in [0, 0.05) is 31.3 Å². The van der Waals surface area contributed by atoms with Crippen molar-refractivity contribution in [2.75, 3.05) is 28.6 Å². The van der Waals surface area contributed by atoms with Crippen molar-refractivity contribution in [3.63, 3.8) is 0 Å². The molecule has 0 amide bonds. The van der Waals surface area contributed by atoms with Crippen molar-refractivity contribution in [3.05, 3.63) is 68.2 Å². The van der Waals surface area contributed by atoms with Gasteiger partial charge in [0.05, 0.1) is 50.3 Å². The highest BCUT2D eigenvalue weighted by Gasteiger charge is 2.30. The zero-order valence-corrected chi connectivity index (χ0v) is 25.8. The molecule has 7 nitrogen and oxygen atoms in total. The molecule has 1 aliphatic heterocycles. The summed E-state index contributed by atoms with van der Waals surface area (Å²) in [7, 11) is -4.01. The number of benzene rings is 2. The van der Waals surface area contributed by atoms with Crippen LogP contribution in [0.1, 0.15) is 39.4 Å². The molecule has 210 valence electrons. The number of imidazole rings is 1. The Kier molecular flexibility index (Phi) is 9.46. The van der Waals surface area contributed by atoms with E-state index in [1.807, 2.05) is 36.4 Å². The van der Waals surface area contributed by atoms with Gasteiger partial charge in [-0.05, 0) is 51.8 Å². The van der Waals surface area contributed by atoms with Gasteiger partial charge in [-0.3, -0.25) is 4.55 Å². The third-order valence-electron chi connectivity index (χ3n) is 6.78. The summed E-state index contributed by atoms with van der Waals surface area (Å²) in [5.74, 6) is 1.65. The fraction of sp³-hybridized carbons (Fsp3) is 0.370. The maximum atomic E-state index is 11.2. The van der Waals surface area contributed by atoms with Crippen molar-refractivity contribution in [2.45, 2.75) is 46.7 Å². The molecule has 3 aromatic rings. The summed E-state index contributed by atoms with van der Waals surface area (Å²) in [5, 5.41) is 1.94. The molecule has 12 heteroatoms. The van der Waals surface area contributed by atoms with Crippen molar-refractivity contribution >= 4 is 85.0 Å². The Labute approximate surface area is 249 Å². The second-order valence-electron chi connectivity index (χ2n) is 9.13. The average Bonchev–Trinajstić information content (AvgIpc) is 3.32. The van der Waals surface area contributed by atoms with Gasteiger partial charge in [0.2, 0.25) is 0 Å². The molecule has 0 radical (unpaired) electrons. The zero-order chi connectivity index (χ0) is 28.5. The molecule has 0 aliphatic carbocycles. The van der Waals surface area contributed by atoms with Crippen molar-refractivity contribution in [2.24, 2.45) is 0 Å². The van der Waals surface area contributed by atoms with Gasteiger partial charge in [-0.2, -0.15) is 8.42 Å². The van der Waals surface area contributed by atoms with E-state index in [0.29, 0.717) is 46.0 Å². The minimum absolute atomic E-state index is 0.280. The van der Waals surface area contributed by atoms with Gasteiger partial charge < -0.3 is 9.80 Å². The van der Waals surface area contributed by atoms with Crippen LogP contribution in [0.25, 0.3) is 17.1 Å². The molecule has 4 rings (SSSR count). The predicted molar refractivity (Wildman–Crippen MR) is 163 cm³/mol. The van der Waals surface area contributed by atoms with E-state index in [9.17, 15) is 8.42 Å². The second kappa shape index (κ2) is 12.3. The summed E-state index contributed by atoms with van der Waals surface area (Å²) < 4.78 is 35.8. The van der Waals surface area contributed by atoms with Crippen LogP contribution in [0.4, 0.5) is 11.4 Å². The lowest BCUT2D eigenvalue weighted by Gasteiger charge is -2.23. The molecule has 0 fully saturated rings. The van der Waals surface area contributed by atoms with E-state index in [2.05, 4.69) is 45.8 Å². The molecule has 1 aliphatic rings. The summed E-state index contributed by atoms with van der Waals surface area (Å²) in [6.45, 7) is 8.96. The lowest BCUT2D eigenvalue weighted by molar-refractivity contribution is -0.674. The van der Waals surface area contributed by atoms with Gasteiger partial charge >= 0.3 is 0 Å². The standard InChI is InChI=1S/C27H30Cl4N4O3S/c1-4-32-22-14-18(28)19(29)15-23(22)33(5-2)26(32)10-9-11-27-34(6-3)24-16-20(30)21(31)17-25(24)35(27)12-7-8-13-39(36,37)38/h9-11,14-17H,4-8,12-13H2,1-3H3/p+1. The Morgan fingerprint density at radius 3 is 1.95 bits per heavy atom. The van der Waals surface area contributed by atoms with Gasteiger partial charge in [-0.15, -0.1) is 0 Å². The van der Waals surface area contributed by atoms with Crippen LogP contribution in [0.15, 0.2) is 42.2 Å². The van der Waals surface area contributed by atoms with Crippen LogP contribution in [0.5, 0.6) is 0 Å². The highest BCUT2D eigenvalue weighted by Crippen LogP contribution is 2.45. The highest BCUT2D eigenvalue weighted by atomic mass is 35.5. The topological polar surface area (TPSA) is 69.7 Å². The number of fused-ring (bicyclic) bond motifs is 2. The van der Waals surface area contributed by atoms with Crippen LogP contribution in [0.3, 0.4) is 0 Å². The number of rotatable bonds is 10.